The molecule has 0 radical (unpaired) electrons. The number of tetrazole rings is 1. The summed E-state index contributed by atoms with van der Waals surface area (Å²) in [5, 5.41) is 11.3. The summed E-state index contributed by atoms with van der Waals surface area (Å²) < 4.78 is 29.6. The van der Waals surface area contributed by atoms with E-state index >= 15 is 0 Å². The topological polar surface area (TPSA) is 89.8 Å². The van der Waals surface area contributed by atoms with Gasteiger partial charge in [0.1, 0.15) is 4.90 Å². The number of sulfonamides is 1. The van der Waals surface area contributed by atoms with Crippen LogP contribution >= 0.6 is 15.9 Å². The molecule has 0 amide bonds. The summed E-state index contributed by atoms with van der Waals surface area (Å²) in [6, 6.07) is 13.5. The van der Waals surface area contributed by atoms with Crippen LogP contribution in [-0.4, -0.2) is 28.6 Å². The first-order chi connectivity index (χ1) is 11.0. The molecule has 0 saturated carbocycles. The van der Waals surface area contributed by atoms with Crippen molar-refractivity contribution in [2.24, 2.45) is 7.05 Å². The molecule has 0 fully saturated rings. The van der Waals surface area contributed by atoms with Crippen LogP contribution in [0.1, 0.15) is 0 Å². The highest BCUT2D eigenvalue weighted by molar-refractivity contribution is 9.10. The van der Waals surface area contributed by atoms with Crippen molar-refractivity contribution in [3.05, 3.63) is 53.0 Å². The third kappa shape index (κ3) is 3.25. The molecule has 0 aliphatic heterocycles. The number of benzene rings is 2. The van der Waals surface area contributed by atoms with Gasteiger partial charge in [-0.25, -0.2) is 13.1 Å². The second-order valence-corrected chi connectivity index (χ2v) is 7.25. The fourth-order valence-electron chi connectivity index (χ4n) is 2.07. The Morgan fingerprint density at radius 2 is 1.91 bits per heavy atom. The number of nitrogens with zero attached hydrogens (tertiary/aromatic N) is 4. The highest BCUT2D eigenvalue weighted by Gasteiger charge is 2.17. The van der Waals surface area contributed by atoms with Gasteiger partial charge >= 0.3 is 0 Å². The molecule has 1 heterocycles. The first-order valence-corrected chi connectivity index (χ1v) is 8.85. The Labute approximate surface area is 141 Å². The minimum absolute atomic E-state index is 0.172. The lowest BCUT2D eigenvalue weighted by atomic mass is 10.2. The van der Waals surface area contributed by atoms with Gasteiger partial charge in [0.15, 0.2) is 5.82 Å². The van der Waals surface area contributed by atoms with Crippen LogP contribution in [0.4, 0.5) is 5.69 Å². The second-order valence-electron chi connectivity index (χ2n) is 4.74. The predicted octanol–water partition coefficient (Wildman–Crippen LogP) is 2.44. The lowest BCUT2D eigenvalue weighted by Gasteiger charge is -2.10. The average Bonchev–Trinajstić information content (AvgIpc) is 2.93. The molecule has 2 aromatic carbocycles. The number of halogens is 1. The maximum atomic E-state index is 12.5. The van der Waals surface area contributed by atoms with Crippen molar-refractivity contribution in [3.8, 4) is 11.4 Å². The smallest absolute Gasteiger partial charge is 0.263 e. The van der Waals surface area contributed by atoms with Gasteiger partial charge in [0, 0.05) is 22.8 Å². The Balaban J connectivity index is 1.95. The number of nitrogens with one attached hydrogen (secondary N) is 1. The number of rotatable bonds is 4. The van der Waals surface area contributed by atoms with Crippen LogP contribution in [0.25, 0.3) is 11.4 Å². The Hall–Kier alpha value is -2.26. The molecule has 0 atom stereocenters. The van der Waals surface area contributed by atoms with E-state index in [1.54, 1.807) is 43.4 Å². The van der Waals surface area contributed by atoms with E-state index in [1.165, 1.54) is 10.7 Å². The van der Waals surface area contributed by atoms with Crippen LogP contribution in [-0.2, 0) is 17.1 Å². The van der Waals surface area contributed by atoms with E-state index in [2.05, 4.69) is 36.2 Å². The molecular formula is C14H12BrN5O2S. The van der Waals surface area contributed by atoms with Crippen molar-refractivity contribution in [2.75, 3.05) is 4.72 Å². The van der Waals surface area contributed by atoms with Crippen LogP contribution in [0.15, 0.2) is 57.9 Å². The molecule has 1 N–H and O–H groups in total. The zero-order valence-corrected chi connectivity index (χ0v) is 14.4. The van der Waals surface area contributed by atoms with Crippen LogP contribution in [0.5, 0.6) is 0 Å². The third-order valence-corrected chi connectivity index (χ3v) is 5.51. The van der Waals surface area contributed by atoms with Crippen molar-refractivity contribution in [1.82, 2.24) is 20.2 Å². The SMILES string of the molecule is Cn1nnnc1-c1cccc(NS(=O)(=O)c2ccccc2Br)c1. The molecular weight excluding hydrogens is 382 g/mol. The quantitative estimate of drug-likeness (QED) is 0.734. The van der Waals surface area contributed by atoms with Crippen LogP contribution in [0, 0.1) is 0 Å². The van der Waals surface area contributed by atoms with Crippen LogP contribution in [0.2, 0.25) is 0 Å². The predicted molar refractivity (Wildman–Crippen MR) is 89.2 cm³/mol. The highest BCUT2D eigenvalue weighted by atomic mass is 79.9. The Bertz CT molecular complexity index is 955. The Kier molecular flexibility index (Phi) is 4.14. The van der Waals surface area contributed by atoms with Crippen LogP contribution in [0.3, 0.4) is 0 Å². The maximum absolute atomic E-state index is 12.5. The fourth-order valence-corrected chi connectivity index (χ4v) is 4.12. The molecule has 118 valence electrons. The number of anilines is 1. The molecule has 0 aliphatic carbocycles. The van der Waals surface area contributed by atoms with Gasteiger partial charge in [-0.2, -0.15) is 0 Å². The summed E-state index contributed by atoms with van der Waals surface area (Å²) in [7, 11) is -1.98. The van der Waals surface area contributed by atoms with Crippen molar-refractivity contribution < 1.29 is 8.42 Å². The molecule has 9 heteroatoms. The van der Waals surface area contributed by atoms with Gasteiger partial charge in [-0.1, -0.05) is 24.3 Å². The minimum Gasteiger partial charge on any atom is -0.280 e. The standard InChI is InChI=1S/C14H12BrN5O2S/c1-20-14(16-18-19-20)10-5-4-6-11(9-10)17-23(21,22)13-8-3-2-7-12(13)15/h2-9,17H,1H3. The maximum Gasteiger partial charge on any atom is 0.263 e. The van der Waals surface area contributed by atoms with E-state index in [0.29, 0.717) is 21.5 Å². The first-order valence-electron chi connectivity index (χ1n) is 6.57. The Morgan fingerprint density at radius 1 is 1.13 bits per heavy atom. The summed E-state index contributed by atoms with van der Waals surface area (Å²) in [5.74, 6) is 0.548. The summed E-state index contributed by atoms with van der Waals surface area (Å²) in [6.45, 7) is 0. The normalized spacial score (nSPS) is 11.4. The molecule has 3 aromatic rings. The molecule has 23 heavy (non-hydrogen) atoms. The van der Waals surface area contributed by atoms with E-state index in [9.17, 15) is 8.42 Å². The van der Waals surface area contributed by atoms with Gasteiger partial charge in [0.05, 0.1) is 0 Å². The summed E-state index contributed by atoms with van der Waals surface area (Å²) in [4.78, 5) is 0.172. The molecule has 0 bridgehead atoms. The van der Waals surface area contributed by atoms with E-state index in [-0.39, 0.29) is 4.90 Å². The van der Waals surface area contributed by atoms with E-state index in [1.807, 2.05) is 6.07 Å². The molecule has 1 aromatic heterocycles. The van der Waals surface area contributed by atoms with Crippen molar-refractivity contribution >= 4 is 31.6 Å². The van der Waals surface area contributed by atoms with Gasteiger partial charge in [-0.05, 0) is 50.6 Å². The Morgan fingerprint density at radius 3 is 2.61 bits per heavy atom. The van der Waals surface area contributed by atoms with Gasteiger partial charge in [0.2, 0.25) is 0 Å². The molecule has 0 unspecified atom stereocenters. The van der Waals surface area contributed by atoms with E-state index in [0.717, 1.165) is 0 Å². The highest BCUT2D eigenvalue weighted by Crippen LogP contribution is 2.25. The number of aryl methyl sites for hydroxylation is 1. The zero-order valence-electron chi connectivity index (χ0n) is 12.0. The molecule has 0 spiro atoms. The molecule has 0 aliphatic rings. The largest absolute Gasteiger partial charge is 0.280 e. The van der Waals surface area contributed by atoms with Gasteiger partial charge in [-0.3, -0.25) is 4.72 Å². The number of hydrogen-bond donors (Lipinski definition) is 1. The monoisotopic (exact) mass is 393 g/mol. The number of hydrogen-bond acceptors (Lipinski definition) is 5. The first kappa shape index (κ1) is 15.6. The molecule has 3 rings (SSSR count). The third-order valence-electron chi connectivity index (χ3n) is 3.12. The summed E-state index contributed by atoms with van der Waals surface area (Å²) in [6.07, 6.45) is 0. The lowest BCUT2D eigenvalue weighted by Crippen LogP contribution is -2.13. The minimum atomic E-state index is -3.70. The van der Waals surface area contributed by atoms with Crippen molar-refractivity contribution in [3.63, 3.8) is 0 Å². The van der Waals surface area contributed by atoms with Gasteiger partial charge in [-0.15, -0.1) is 5.10 Å². The zero-order chi connectivity index (χ0) is 16.4. The van der Waals surface area contributed by atoms with Crippen molar-refractivity contribution in [1.29, 1.82) is 0 Å². The van der Waals surface area contributed by atoms with Gasteiger partial charge in [0.25, 0.3) is 10.0 Å². The number of aromatic nitrogens is 4. The van der Waals surface area contributed by atoms with E-state index in [4.69, 9.17) is 0 Å². The summed E-state index contributed by atoms with van der Waals surface area (Å²) >= 11 is 3.25. The average molecular weight is 394 g/mol. The molecule has 7 nitrogen and oxygen atoms in total. The van der Waals surface area contributed by atoms with E-state index < -0.39 is 10.0 Å². The van der Waals surface area contributed by atoms with Crippen LogP contribution < -0.4 is 4.72 Å². The second kappa shape index (κ2) is 6.09. The fraction of sp³-hybridized carbons (Fsp3) is 0.0714. The lowest BCUT2D eigenvalue weighted by molar-refractivity contribution is 0.601. The van der Waals surface area contributed by atoms with Gasteiger partial charge < -0.3 is 0 Å². The molecule has 0 saturated heterocycles. The van der Waals surface area contributed by atoms with Crippen molar-refractivity contribution in [2.45, 2.75) is 4.90 Å². The summed E-state index contributed by atoms with van der Waals surface area (Å²) in [5.41, 5.74) is 1.14.